The van der Waals surface area contributed by atoms with Gasteiger partial charge in [-0.1, -0.05) is 6.07 Å². The molecule has 0 aliphatic carbocycles. The smallest absolute Gasteiger partial charge is 0.112 e. The second kappa shape index (κ2) is 4.14. The summed E-state index contributed by atoms with van der Waals surface area (Å²) in [6, 6.07) is 6.32. The summed E-state index contributed by atoms with van der Waals surface area (Å²) in [4.78, 5) is 9.99. The van der Waals surface area contributed by atoms with Gasteiger partial charge in [-0.3, -0.25) is 0 Å². The molecule has 1 fully saturated rings. The molecule has 16 heavy (non-hydrogen) atoms. The first-order valence-corrected chi connectivity index (χ1v) is 5.83. The van der Waals surface area contributed by atoms with E-state index in [4.69, 9.17) is 0 Å². The number of aromatic amines is 1. The summed E-state index contributed by atoms with van der Waals surface area (Å²) in [6.45, 7) is 4.35. The van der Waals surface area contributed by atoms with E-state index in [-0.39, 0.29) is 0 Å². The van der Waals surface area contributed by atoms with E-state index < -0.39 is 0 Å². The van der Waals surface area contributed by atoms with E-state index >= 15 is 0 Å². The lowest BCUT2D eigenvalue weighted by Crippen LogP contribution is -2.27. The maximum atomic E-state index is 4.41. The summed E-state index contributed by atoms with van der Waals surface area (Å²) in [5.74, 6) is 0. The number of benzene rings is 1. The molecule has 0 amide bonds. The number of aromatic nitrogens is 2. The summed E-state index contributed by atoms with van der Waals surface area (Å²) in [6.07, 6.45) is 2.96. The Hall–Kier alpha value is -1.55. The largest absolute Gasteiger partial charge is 0.368 e. The Morgan fingerprint density at radius 2 is 2.19 bits per heavy atom. The van der Waals surface area contributed by atoms with Gasteiger partial charge in [0.1, 0.15) is 5.52 Å². The lowest BCUT2D eigenvalue weighted by molar-refractivity contribution is 0.724. The summed E-state index contributed by atoms with van der Waals surface area (Å²) >= 11 is 0. The van der Waals surface area contributed by atoms with Gasteiger partial charge in [-0.15, -0.1) is 0 Å². The number of nitrogens with one attached hydrogen (secondary N) is 2. The maximum absolute atomic E-state index is 4.41. The van der Waals surface area contributed by atoms with Crippen LogP contribution in [0.1, 0.15) is 6.42 Å². The fraction of sp³-hybridized carbons (Fsp3) is 0.417. The van der Waals surface area contributed by atoms with Gasteiger partial charge < -0.3 is 15.2 Å². The summed E-state index contributed by atoms with van der Waals surface area (Å²) in [7, 11) is 0. The molecule has 0 radical (unpaired) electrons. The quantitative estimate of drug-likeness (QED) is 0.756. The zero-order valence-corrected chi connectivity index (χ0v) is 9.24. The Balaban J connectivity index is 2.00. The molecule has 3 rings (SSSR count). The molecule has 2 N–H and O–H groups in total. The molecule has 4 nitrogen and oxygen atoms in total. The number of fused-ring (bicyclic) bond motifs is 1. The SMILES string of the molecule is c1cc(N2CCCNCC2)c2nc[nH]c2c1. The molecule has 84 valence electrons. The Morgan fingerprint density at radius 1 is 1.19 bits per heavy atom. The number of imidazole rings is 1. The van der Waals surface area contributed by atoms with Crippen LogP contribution >= 0.6 is 0 Å². The molecule has 1 saturated heterocycles. The third-order valence-electron chi connectivity index (χ3n) is 3.11. The number of H-pyrrole nitrogens is 1. The van der Waals surface area contributed by atoms with Crippen LogP contribution < -0.4 is 10.2 Å². The normalized spacial score (nSPS) is 17.6. The van der Waals surface area contributed by atoms with Gasteiger partial charge >= 0.3 is 0 Å². The van der Waals surface area contributed by atoms with Crippen LogP contribution in [-0.2, 0) is 0 Å². The second-order valence-electron chi connectivity index (χ2n) is 4.17. The molecule has 1 aromatic carbocycles. The fourth-order valence-electron chi connectivity index (χ4n) is 2.29. The number of nitrogens with zero attached hydrogens (tertiary/aromatic N) is 2. The standard InChI is InChI=1S/C12H16N4/c1-3-10-12(15-9-14-10)11(4-1)16-7-2-5-13-6-8-16/h1,3-4,9,13H,2,5-8H2,(H,14,15). The minimum absolute atomic E-state index is 1.06. The van der Waals surface area contributed by atoms with Gasteiger partial charge in [0.05, 0.1) is 17.5 Å². The Bertz CT molecular complexity index is 469. The summed E-state index contributed by atoms with van der Waals surface area (Å²) < 4.78 is 0. The van der Waals surface area contributed by atoms with Gasteiger partial charge in [0.2, 0.25) is 0 Å². The van der Waals surface area contributed by atoms with Crippen LogP contribution in [0.25, 0.3) is 11.0 Å². The van der Waals surface area contributed by atoms with E-state index in [2.05, 4.69) is 38.4 Å². The van der Waals surface area contributed by atoms with Gasteiger partial charge in [0, 0.05) is 19.6 Å². The highest BCUT2D eigenvalue weighted by molar-refractivity contribution is 5.88. The molecular weight excluding hydrogens is 200 g/mol. The van der Waals surface area contributed by atoms with Crippen molar-refractivity contribution in [3.63, 3.8) is 0 Å². The van der Waals surface area contributed by atoms with Gasteiger partial charge in [0.25, 0.3) is 0 Å². The average molecular weight is 216 g/mol. The molecule has 2 aromatic rings. The number of para-hydroxylation sites is 1. The van der Waals surface area contributed by atoms with Crippen LogP contribution in [0.2, 0.25) is 0 Å². The molecule has 0 spiro atoms. The maximum Gasteiger partial charge on any atom is 0.112 e. The topological polar surface area (TPSA) is 44.0 Å². The van der Waals surface area contributed by atoms with Crippen molar-refractivity contribution in [1.29, 1.82) is 0 Å². The highest BCUT2D eigenvalue weighted by Crippen LogP contribution is 2.24. The Labute approximate surface area is 94.7 Å². The number of anilines is 1. The molecule has 0 saturated carbocycles. The molecule has 4 heteroatoms. The first-order chi connectivity index (χ1) is 7.95. The van der Waals surface area contributed by atoms with Crippen molar-refractivity contribution in [2.75, 3.05) is 31.1 Å². The Kier molecular flexibility index (Phi) is 2.50. The second-order valence-corrected chi connectivity index (χ2v) is 4.17. The predicted molar refractivity (Wildman–Crippen MR) is 65.8 cm³/mol. The third kappa shape index (κ3) is 1.65. The van der Waals surface area contributed by atoms with E-state index in [9.17, 15) is 0 Å². The fourth-order valence-corrected chi connectivity index (χ4v) is 2.29. The van der Waals surface area contributed by atoms with Crippen LogP contribution in [0.3, 0.4) is 0 Å². The molecule has 0 bridgehead atoms. The summed E-state index contributed by atoms with van der Waals surface area (Å²) in [5, 5.41) is 3.42. The zero-order valence-electron chi connectivity index (χ0n) is 9.24. The van der Waals surface area contributed by atoms with Crippen LogP contribution in [0.15, 0.2) is 24.5 Å². The molecule has 0 atom stereocenters. The average Bonchev–Trinajstić information content (AvgIpc) is 2.63. The molecule has 0 unspecified atom stereocenters. The van der Waals surface area contributed by atoms with Gasteiger partial charge in [-0.05, 0) is 25.1 Å². The highest BCUT2D eigenvalue weighted by atomic mass is 15.2. The van der Waals surface area contributed by atoms with E-state index in [1.54, 1.807) is 6.33 Å². The van der Waals surface area contributed by atoms with Crippen molar-refractivity contribution < 1.29 is 0 Å². The number of hydrogen-bond acceptors (Lipinski definition) is 3. The number of hydrogen-bond donors (Lipinski definition) is 2. The van der Waals surface area contributed by atoms with Crippen molar-refractivity contribution in [2.45, 2.75) is 6.42 Å². The predicted octanol–water partition coefficient (Wildman–Crippen LogP) is 1.36. The van der Waals surface area contributed by atoms with Crippen molar-refractivity contribution in [2.24, 2.45) is 0 Å². The molecule has 1 aromatic heterocycles. The first kappa shape index (κ1) is 9.66. The first-order valence-electron chi connectivity index (χ1n) is 5.83. The lowest BCUT2D eigenvalue weighted by atomic mass is 10.2. The minimum atomic E-state index is 1.06. The van der Waals surface area contributed by atoms with Crippen LogP contribution in [-0.4, -0.2) is 36.1 Å². The van der Waals surface area contributed by atoms with Crippen molar-refractivity contribution in [3.05, 3.63) is 24.5 Å². The molecule has 2 heterocycles. The minimum Gasteiger partial charge on any atom is -0.368 e. The van der Waals surface area contributed by atoms with E-state index in [0.717, 1.165) is 37.2 Å². The monoisotopic (exact) mass is 216 g/mol. The van der Waals surface area contributed by atoms with Gasteiger partial charge in [-0.2, -0.15) is 0 Å². The third-order valence-corrected chi connectivity index (χ3v) is 3.11. The summed E-state index contributed by atoms with van der Waals surface area (Å²) in [5.41, 5.74) is 3.46. The molecule has 1 aliphatic rings. The molecular formula is C12H16N4. The van der Waals surface area contributed by atoms with Gasteiger partial charge in [0.15, 0.2) is 0 Å². The van der Waals surface area contributed by atoms with Crippen LogP contribution in [0.4, 0.5) is 5.69 Å². The number of rotatable bonds is 1. The van der Waals surface area contributed by atoms with Crippen molar-refractivity contribution >= 4 is 16.7 Å². The molecule has 1 aliphatic heterocycles. The zero-order chi connectivity index (χ0) is 10.8. The van der Waals surface area contributed by atoms with E-state index in [1.165, 1.54) is 12.1 Å². The highest BCUT2D eigenvalue weighted by Gasteiger charge is 2.12. The van der Waals surface area contributed by atoms with Crippen LogP contribution in [0, 0.1) is 0 Å². The van der Waals surface area contributed by atoms with Crippen molar-refractivity contribution in [1.82, 2.24) is 15.3 Å². The Morgan fingerprint density at radius 3 is 3.19 bits per heavy atom. The van der Waals surface area contributed by atoms with E-state index in [1.807, 2.05) is 0 Å². The van der Waals surface area contributed by atoms with Crippen molar-refractivity contribution in [3.8, 4) is 0 Å². The van der Waals surface area contributed by atoms with Gasteiger partial charge in [-0.25, -0.2) is 4.98 Å². The lowest BCUT2D eigenvalue weighted by Gasteiger charge is -2.22. The van der Waals surface area contributed by atoms with E-state index in [0.29, 0.717) is 0 Å². The van der Waals surface area contributed by atoms with Crippen LogP contribution in [0.5, 0.6) is 0 Å².